The molecular weight excluding hydrogens is 737 g/mol. The molecule has 0 radical (unpaired) electrons. The molecule has 2 atom stereocenters. The molecule has 0 aliphatic heterocycles. The summed E-state index contributed by atoms with van der Waals surface area (Å²) in [6, 6.07) is 0. The molecule has 0 aliphatic rings. The molecule has 0 aromatic carbocycles. The summed E-state index contributed by atoms with van der Waals surface area (Å²) in [5.41, 5.74) is 5.35. The van der Waals surface area contributed by atoms with Gasteiger partial charge in [-0.2, -0.15) is 0 Å². The number of nitrogens with two attached hydrogens (primary N) is 1. The average molecular weight is 824 g/mol. The second-order valence-corrected chi connectivity index (χ2v) is 16.7. The van der Waals surface area contributed by atoms with E-state index in [0.717, 1.165) is 57.8 Å². The molecule has 0 bridgehead atoms. The number of carbonyl (C=O) groups is 2. The lowest BCUT2D eigenvalue weighted by molar-refractivity contribution is -0.161. The molecule has 0 saturated carbocycles. The number of unbranched alkanes of at least 4 members (excludes halogenated alkanes) is 22. The van der Waals surface area contributed by atoms with Crippen LogP contribution in [0, 0.1) is 0 Å². The molecule has 9 nitrogen and oxygen atoms in total. The average Bonchev–Trinajstić information content (AvgIpc) is 3.20. The Morgan fingerprint density at radius 2 is 0.912 bits per heavy atom. The van der Waals surface area contributed by atoms with Crippen LogP contribution in [0.5, 0.6) is 0 Å². The van der Waals surface area contributed by atoms with Gasteiger partial charge in [0.15, 0.2) is 6.10 Å². The highest BCUT2D eigenvalue weighted by atomic mass is 31.2. The van der Waals surface area contributed by atoms with Gasteiger partial charge in [-0.15, -0.1) is 0 Å². The third-order valence-corrected chi connectivity index (χ3v) is 10.7. The number of ether oxygens (including phenoxy) is 2. The van der Waals surface area contributed by atoms with Gasteiger partial charge in [-0.05, 0) is 77.0 Å². The predicted octanol–water partition coefficient (Wildman–Crippen LogP) is 13.5. The van der Waals surface area contributed by atoms with Gasteiger partial charge in [-0.1, -0.05) is 165 Å². The molecule has 57 heavy (non-hydrogen) atoms. The normalized spacial score (nSPS) is 13.7. The Bertz CT molecular complexity index is 1080. The first-order valence-corrected chi connectivity index (χ1v) is 24.6. The molecular formula is C47H86NO8P. The van der Waals surface area contributed by atoms with E-state index < -0.39 is 26.5 Å². The predicted molar refractivity (Wildman–Crippen MR) is 238 cm³/mol. The van der Waals surface area contributed by atoms with Gasteiger partial charge in [0, 0.05) is 19.4 Å². The Kier molecular flexibility index (Phi) is 42.0. The Balaban J connectivity index is 4.15. The molecule has 1 unspecified atom stereocenters. The van der Waals surface area contributed by atoms with Gasteiger partial charge >= 0.3 is 19.8 Å². The molecule has 0 heterocycles. The molecule has 3 N–H and O–H groups in total. The van der Waals surface area contributed by atoms with Crippen LogP contribution in [0.1, 0.15) is 206 Å². The maximum atomic E-state index is 12.6. The van der Waals surface area contributed by atoms with Crippen molar-refractivity contribution in [1.29, 1.82) is 0 Å². The largest absolute Gasteiger partial charge is 0.472 e. The Hall–Kier alpha value is -2.03. The number of carbonyl (C=O) groups excluding carboxylic acids is 2. The molecule has 0 rings (SSSR count). The number of phosphoric acid groups is 1. The number of rotatable bonds is 43. The van der Waals surface area contributed by atoms with Crippen molar-refractivity contribution in [2.45, 2.75) is 213 Å². The molecule has 332 valence electrons. The van der Waals surface area contributed by atoms with Gasteiger partial charge in [0.05, 0.1) is 13.2 Å². The number of hydrogen-bond acceptors (Lipinski definition) is 8. The highest BCUT2D eigenvalue weighted by Crippen LogP contribution is 2.43. The first-order chi connectivity index (χ1) is 27.8. The number of esters is 2. The maximum Gasteiger partial charge on any atom is 0.472 e. The molecule has 0 saturated heterocycles. The highest BCUT2D eigenvalue weighted by molar-refractivity contribution is 7.47. The summed E-state index contributed by atoms with van der Waals surface area (Å²) in [5.74, 6) is -0.854. The van der Waals surface area contributed by atoms with Crippen molar-refractivity contribution in [3.63, 3.8) is 0 Å². The van der Waals surface area contributed by atoms with E-state index in [-0.39, 0.29) is 38.6 Å². The van der Waals surface area contributed by atoms with Crippen molar-refractivity contribution in [3.8, 4) is 0 Å². The van der Waals surface area contributed by atoms with Crippen LogP contribution in [0.25, 0.3) is 0 Å². The van der Waals surface area contributed by atoms with Gasteiger partial charge < -0.3 is 20.1 Å². The van der Waals surface area contributed by atoms with Crippen molar-refractivity contribution in [1.82, 2.24) is 0 Å². The smallest absolute Gasteiger partial charge is 0.462 e. The van der Waals surface area contributed by atoms with Crippen molar-refractivity contribution in [2.75, 3.05) is 26.4 Å². The standard InChI is InChI=1S/C47H86NO8P/c1-3-5-7-9-11-13-15-17-19-21-22-24-25-27-29-31-33-35-37-39-46(49)53-43-45(44-55-57(51,52)54-42-41-48)56-47(50)40-38-36-34-32-30-28-26-23-20-18-16-14-12-10-8-6-4-2/h12,14,17-20,26,28,45H,3-11,13,15-16,21-25,27,29-44,48H2,1-2H3,(H,51,52)/t45-/m1/s1. The second-order valence-electron chi connectivity index (χ2n) is 15.3. The SMILES string of the molecule is CCCCCC=CCC=CCC=CCCCCCCC(=O)O[C@H](COC(=O)CCCCCCCCCCCC=CCCCCCCCC)COP(=O)(O)OCCN. The van der Waals surface area contributed by atoms with Crippen LogP contribution < -0.4 is 5.73 Å². The van der Waals surface area contributed by atoms with Crippen LogP contribution in [0.15, 0.2) is 48.6 Å². The van der Waals surface area contributed by atoms with Gasteiger partial charge in [0.2, 0.25) is 0 Å². The fraction of sp³-hybridized carbons (Fsp3) is 0.787. The van der Waals surface area contributed by atoms with E-state index in [1.54, 1.807) is 0 Å². The van der Waals surface area contributed by atoms with Crippen molar-refractivity contribution >= 4 is 19.8 Å². The lowest BCUT2D eigenvalue weighted by atomic mass is 10.1. The number of allylic oxidation sites excluding steroid dienone is 8. The summed E-state index contributed by atoms with van der Waals surface area (Å²) in [6.07, 6.45) is 49.9. The first-order valence-electron chi connectivity index (χ1n) is 23.1. The van der Waals surface area contributed by atoms with Gasteiger partial charge in [-0.25, -0.2) is 4.57 Å². The van der Waals surface area contributed by atoms with E-state index >= 15 is 0 Å². The quantitative estimate of drug-likeness (QED) is 0.0267. The molecule has 10 heteroatoms. The zero-order chi connectivity index (χ0) is 41.8. The molecule has 0 aromatic rings. The molecule has 0 aliphatic carbocycles. The van der Waals surface area contributed by atoms with E-state index in [1.165, 1.54) is 116 Å². The zero-order valence-electron chi connectivity index (χ0n) is 36.6. The Morgan fingerprint density at radius 3 is 1.40 bits per heavy atom. The summed E-state index contributed by atoms with van der Waals surface area (Å²) in [5, 5.41) is 0. The summed E-state index contributed by atoms with van der Waals surface area (Å²) in [6.45, 7) is 3.68. The topological polar surface area (TPSA) is 134 Å². The minimum atomic E-state index is -4.39. The van der Waals surface area contributed by atoms with E-state index in [9.17, 15) is 19.0 Å². The van der Waals surface area contributed by atoms with Crippen molar-refractivity contribution in [3.05, 3.63) is 48.6 Å². The molecule has 0 aromatic heterocycles. The second kappa shape index (κ2) is 43.5. The van der Waals surface area contributed by atoms with Crippen LogP contribution in [-0.4, -0.2) is 49.3 Å². The van der Waals surface area contributed by atoms with Crippen LogP contribution in [0.2, 0.25) is 0 Å². The van der Waals surface area contributed by atoms with Crippen molar-refractivity contribution < 1.29 is 37.6 Å². The summed E-state index contributed by atoms with van der Waals surface area (Å²) in [7, 11) is -4.39. The van der Waals surface area contributed by atoms with Crippen LogP contribution >= 0.6 is 7.82 Å². The van der Waals surface area contributed by atoms with Crippen LogP contribution in [-0.2, 0) is 32.7 Å². The Labute approximate surface area is 349 Å². The first kappa shape index (κ1) is 55.0. The third-order valence-electron chi connectivity index (χ3n) is 9.69. The third kappa shape index (κ3) is 43.4. The fourth-order valence-corrected chi connectivity index (χ4v) is 6.99. The van der Waals surface area contributed by atoms with E-state index in [1.807, 2.05) is 0 Å². The van der Waals surface area contributed by atoms with E-state index in [0.29, 0.717) is 6.42 Å². The van der Waals surface area contributed by atoms with Gasteiger partial charge in [-0.3, -0.25) is 18.6 Å². The lowest BCUT2D eigenvalue weighted by Crippen LogP contribution is -2.29. The summed E-state index contributed by atoms with van der Waals surface area (Å²) >= 11 is 0. The molecule has 0 spiro atoms. The zero-order valence-corrected chi connectivity index (χ0v) is 37.5. The van der Waals surface area contributed by atoms with E-state index in [2.05, 4.69) is 62.5 Å². The van der Waals surface area contributed by atoms with Gasteiger partial charge in [0.25, 0.3) is 0 Å². The minimum Gasteiger partial charge on any atom is -0.462 e. The minimum absolute atomic E-state index is 0.0480. The van der Waals surface area contributed by atoms with Crippen LogP contribution in [0.3, 0.4) is 0 Å². The lowest BCUT2D eigenvalue weighted by Gasteiger charge is -2.19. The molecule has 0 fully saturated rings. The molecule has 0 amide bonds. The number of hydrogen-bond donors (Lipinski definition) is 2. The maximum absolute atomic E-state index is 12.6. The van der Waals surface area contributed by atoms with Crippen molar-refractivity contribution in [2.24, 2.45) is 5.73 Å². The summed E-state index contributed by atoms with van der Waals surface area (Å²) < 4.78 is 32.8. The van der Waals surface area contributed by atoms with Crippen LogP contribution in [0.4, 0.5) is 0 Å². The number of phosphoric ester groups is 1. The monoisotopic (exact) mass is 824 g/mol. The van der Waals surface area contributed by atoms with Gasteiger partial charge in [0.1, 0.15) is 6.61 Å². The summed E-state index contributed by atoms with van der Waals surface area (Å²) in [4.78, 5) is 34.9. The fourth-order valence-electron chi connectivity index (χ4n) is 6.22. The highest BCUT2D eigenvalue weighted by Gasteiger charge is 2.26. The van der Waals surface area contributed by atoms with E-state index in [4.69, 9.17) is 24.3 Å². The Morgan fingerprint density at radius 1 is 0.526 bits per heavy atom.